The van der Waals surface area contributed by atoms with Crippen LogP contribution in [0.1, 0.15) is 33.7 Å². The lowest BCUT2D eigenvalue weighted by atomic mass is 10.2. The van der Waals surface area contributed by atoms with Crippen LogP contribution < -0.4 is 9.47 Å². The number of rotatable bonds is 4. The summed E-state index contributed by atoms with van der Waals surface area (Å²) in [5.74, 6) is 0.480. The molecule has 0 spiro atoms. The number of benzene rings is 2. The molecule has 0 amide bonds. The molecule has 4 rings (SSSR count). The maximum atomic E-state index is 12.8. The largest absolute Gasteiger partial charge is 0.493 e. The first-order valence-corrected chi connectivity index (χ1v) is 8.71. The van der Waals surface area contributed by atoms with Crippen molar-refractivity contribution in [2.45, 2.75) is 26.2 Å². The van der Waals surface area contributed by atoms with Gasteiger partial charge in [0.05, 0.1) is 12.8 Å². The van der Waals surface area contributed by atoms with Crippen LogP contribution in [0.15, 0.2) is 48.5 Å². The minimum absolute atomic E-state index is 0.395. The third-order valence-corrected chi connectivity index (χ3v) is 4.74. The van der Waals surface area contributed by atoms with E-state index in [0.717, 1.165) is 41.8 Å². The number of fused-ring (bicyclic) bond motifs is 1. The summed E-state index contributed by atoms with van der Waals surface area (Å²) < 4.78 is 12.7. The Kier molecular flexibility index (Phi) is 4.21. The highest BCUT2D eigenvalue weighted by Gasteiger charge is 2.28. The topological polar surface area (TPSA) is 53.4 Å². The van der Waals surface area contributed by atoms with Gasteiger partial charge in [-0.05, 0) is 49.9 Å². The van der Waals surface area contributed by atoms with Crippen molar-refractivity contribution in [3.63, 3.8) is 0 Å². The second-order valence-corrected chi connectivity index (χ2v) is 6.37. The van der Waals surface area contributed by atoms with E-state index in [2.05, 4.69) is 5.10 Å². The normalized spacial score (nSPS) is 12.7. The number of hydrogen-bond donors (Lipinski definition) is 0. The number of carbonyl (C=O) groups is 1. The van der Waals surface area contributed by atoms with Gasteiger partial charge in [0.15, 0.2) is 17.2 Å². The van der Waals surface area contributed by atoms with Crippen molar-refractivity contribution in [2.75, 3.05) is 7.11 Å². The molecule has 0 bridgehead atoms. The van der Waals surface area contributed by atoms with Gasteiger partial charge in [-0.3, -0.25) is 0 Å². The van der Waals surface area contributed by atoms with E-state index in [9.17, 15) is 4.79 Å². The molecule has 0 N–H and O–H groups in total. The van der Waals surface area contributed by atoms with E-state index in [-0.39, 0.29) is 0 Å². The van der Waals surface area contributed by atoms with Gasteiger partial charge in [0.1, 0.15) is 0 Å². The number of aryl methyl sites for hydroxylation is 1. The standard InChI is InChI=1S/C21H20N2O3/c1-14-8-3-4-10-16(14)23-17-11-7-9-15(17)20(22-23)21(24)26-19-13-6-5-12-18(19)25-2/h3-6,8,10,12-13H,7,9,11H2,1-2H3. The Morgan fingerprint density at radius 3 is 2.54 bits per heavy atom. The van der Waals surface area contributed by atoms with Gasteiger partial charge in [-0.1, -0.05) is 30.3 Å². The Bertz CT molecular complexity index is 975. The predicted molar refractivity (Wildman–Crippen MR) is 98.3 cm³/mol. The van der Waals surface area contributed by atoms with E-state index in [4.69, 9.17) is 9.47 Å². The molecule has 1 heterocycles. The van der Waals surface area contributed by atoms with Crippen LogP contribution in [0.2, 0.25) is 0 Å². The molecule has 0 radical (unpaired) electrons. The minimum atomic E-state index is -0.444. The lowest BCUT2D eigenvalue weighted by Crippen LogP contribution is -2.13. The molecule has 3 aromatic rings. The molecule has 5 nitrogen and oxygen atoms in total. The lowest BCUT2D eigenvalue weighted by molar-refractivity contribution is 0.0722. The Morgan fingerprint density at radius 1 is 1.04 bits per heavy atom. The summed E-state index contributed by atoms with van der Waals surface area (Å²) in [5.41, 5.74) is 4.61. The van der Waals surface area contributed by atoms with E-state index in [1.54, 1.807) is 19.2 Å². The fourth-order valence-corrected chi connectivity index (χ4v) is 3.45. The second kappa shape index (κ2) is 6.67. The van der Waals surface area contributed by atoms with E-state index < -0.39 is 5.97 Å². The molecule has 0 unspecified atom stereocenters. The van der Waals surface area contributed by atoms with Gasteiger partial charge < -0.3 is 9.47 Å². The number of methoxy groups -OCH3 is 1. The van der Waals surface area contributed by atoms with Crippen molar-refractivity contribution in [3.05, 3.63) is 71.0 Å². The molecule has 132 valence electrons. The molecule has 26 heavy (non-hydrogen) atoms. The maximum absolute atomic E-state index is 12.8. The van der Waals surface area contributed by atoms with Crippen molar-refractivity contribution < 1.29 is 14.3 Å². The van der Waals surface area contributed by atoms with Gasteiger partial charge in [-0.15, -0.1) is 0 Å². The number of nitrogens with zero attached hydrogens (tertiary/aromatic N) is 2. The fourth-order valence-electron chi connectivity index (χ4n) is 3.45. The average Bonchev–Trinajstić information content (AvgIpc) is 3.25. The number of hydrogen-bond acceptors (Lipinski definition) is 4. The van der Waals surface area contributed by atoms with Crippen LogP contribution in [-0.4, -0.2) is 22.9 Å². The molecule has 5 heteroatoms. The smallest absolute Gasteiger partial charge is 0.364 e. The van der Waals surface area contributed by atoms with E-state index in [0.29, 0.717) is 17.2 Å². The van der Waals surface area contributed by atoms with E-state index >= 15 is 0 Å². The zero-order chi connectivity index (χ0) is 18.1. The van der Waals surface area contributed by atoms with Gasteiger partial charge in [-0.2, -0.15) is 5.10 Å². The Balaban J connectivity index is 1.73. The van der Waals surface area contributed by atoms with Gasteiger partial charge in [-0.25, -0.2) is 9.48 Å². The Hall–Kier alpha value is -3.08. The second-order valence-electron chi connectivity index (χ2n) is 6.37. The highest BCUT2D eigenvalue weighted by molar-refractivity contribution is 5.91. The van der Waals surface area contributed by atoms with Crippen molar-refractivity contribution in [1.29, 1.82) is 0 Å². The van der Waals surface area contributed by atoms with E-state index in [1.165, 1.54) is 0 Å². The fraction of sp³-hybridized carbons (Fsp3) is 0.238. The zero-order valence-electron chi connectivity index (χ0n) is 14.9. The molecule has 0 saturated heterocycles. The first-order chi connectivity index (χ1) is 12.7. The first kappa shape index (κ1) is 16.4. The summed E-state index contributed by atoms with van der Waals surface area (Å²) in [7, 11) is 1.55. The van der Waals surface area contributed by atoms with Gasteiger partial charge >= 0.3 is 5.97 Å². The third kappa shape index (κ3) is 2.75. The molecule has 0 saturated carbocycles. The molecule has 0 aliphatic heterocycles. The van der Waals surface area contributed by atoms with Crippen LogP contribution in [0.5, 0.6) is 11.5 Å². The SMILES string of the molecule is COc1ccccc1OC(=O)c1nn(-c2ccccc2C)c2c1CCC2. The molecule has 1 aliphatic carbocycles. The minimum Gasteiger partial charge on any atom is -0.493 e. The number of esters is 1. The summed E-state index contributed by atoms with van der Waals surface area (Å²) in [6.45, 7) is 2.05. The average molecular weight is 348 g/mol. The summed E-state index contributed by atoms with van der Waals surface area (Å²) in [6.07, 6.45) is 2.78. The summed E-state index contributed by atoms with van der Waals surface area (Å²) >= 11 is 0. The van der Waals surface area contributed by atoms with Crippen molar-refractivity contribution >= 4 is 5.97 Å². The molecular weight excluding hydrogens is 328 g/mol. The summed E-state index contributed by atoms with van der Waals surface area (Å²) in [5, 5.41) is 4.62. The van der Waals surface area contributed by atoms with Crippen LogP contribution in [0.4, 0.5) is 0 Å². The Labute approximate surface area is 152 Å². The number of aromatic nitrogens is 2. The third-order valence-electron chi connectivity index (χ3n) is 4.74. The van der Waals surface area contributed by atoms with Crippen LogP contribution in [0.3, 0.4) is 0 Å². The molecule has 0 fully saturated rings. The van der Waals surface area contributed by atoms with E-state index in [1.807, 2.05) is 48.0 Å². The number of carbonyl (C=O) groups excluding carboxylic acids is 1. The quantitative estimate of drug-likeness (QED) is 0.530. The van der Waals surface area contributed by atoms with Crippen LogP contribution in [0, 0.1) is 6.92 Å². The summed E-state index contributed by atoms with van der Waals surface area (Å²) in [4.78, 5) is 12.8. The number of para-hydroxylation sites is 3. The zero-order valence-corrected chi connectivity index (χ0v) is 14.9. The molecule has 0 atom stereocenters. The van der Waals surface area contributed by atoms with Gasteiger partial charge in [0.2, 0.25) is 0 Å². The van der Waals surface area contributed by atoms with Crippen molar-refractivity contribution in [3.8, 4) is 17.2 Å². The predicted octanol–water partition coefficient (Wildman–Crippen LogP) is 3.90. The Morgan fingerprint density at radius 2 is 1.77 bits per heavy atom. The van der Waals surface area contributed by atoms with Crippen molar-refractivity contribution in [1.82, 2.24) is 9.78 Å². The molecule has 1 aromatic heterocycles. The maximum Gasteiger partial charge on any atom is 0.364 e. The highest BCUT2D eigenvalue weighted by atomic mass is 16.6. The molecule has 2 aromatic carbocycles. The highest BCUT2D eigenvalue weighted by Crippen LogP contribution is 2.31. The molecule has 1 aliphatic rings. The summed E-state index contributed by atoms with van der Waals surface area (Å²) in [6, 6.07) is 15.2. The van der Waals surface area contributed by atoms with Crippen LogP contribution >= 0.6 is 0 Å². The van der Waals surface area contributed by atoms with Crippen LogP contribution in [0.25, 0.3) is 5.69 Å². The van der Waals surface area contributed by atoms with Gasteiger partial charge in [0.25, 0.3) is 0 Å². The first-order valence-electron chi connectivity index (χ1n) is 8.71. The number of ether oxygens (including phenoxy) is 2. The lowest BCUT2D eigenvalue weighted by Gasteiger charge is -2.09. The van der Waals surface area contributed by atoms with Crippen LogP contribution in [-0.2, 0) is 12.8 Å². The van der Waals surface area contributed by atoms with Gasteiger partial charge in [0, 0.05) is 11.3 Å². The monoisotopic (exact) mass is 348 g/mol. The molecular formula is C21H20N2O3. The van der Waals surface area contributed by atoms with Crippen molar-refractivity contribution in [2.24, 2.45) is 0 Å².